The van der Waals surface area contributed by atoms with Gasteiger partial charge in [-0.25, -0.2) is 9.37 Å². The van der Waals surface area contributed by atoms with Crippen LogP contribution in [0, 0.1) is 5.82 Å². The molecule has 0 spiro atoms. The minimum atomic E-state index is -0.250. The van der Waals surface area contributed by atoms with E-state index in [0.717, 1.165) is 27.8 Å². The van der Waals surface area contributed by atoms with E-state index in [9.17, 15) is 9.18 Å². The molecule has 0 unspecified atom stereocenters. The van der Waals surface area contributed by atoms with E-state index in [2.05, 4.69) is 4.90 Å². The van der Waals surface area contributed by atoms with Gasteiger partial charge in [0.15, 0.2) is 0 Å². The molecule has 0 atom stereocenters. The van der Waals surface area contributed by atoms with Crippen LogP contribution in [-0.4, -0.2) is 48.6 Å². The van der Waals surface area contributed by atoms with Crippen LogP contribution in [0.3, 0.4) is 0 Å². The van der Waals surface area contributed by atoms with Crippen LogP contribution in [0.1, 0.15) is 17.3 Å². The summed E-state index contributed by atoms with van der Waals surface area (Å²) in [5.74, 6) is 0.412. The number of nitrogens with zero attached hydrogens (tertiary/aromatic N) is 3. The predicted octanol–water partition coefficient (Wildman–Crippen LogP) is 6.06. The Morgan fingerprint density at radius 1 is 1.00 bits per heavy atom. The van der Waals surface area contributed by atoms with Crippen molar-refractivity contribution in [2.45, 2.75) is 6.92 Å². The molecule has 1 fully saturated rings. The van der Waals surface area contributed by atoms with Crippen molar-refractivity contribution in [2.24, 2.45) is 0 Å². The van der Waals surface area contributed by atoms with Gasteiger partial charge in [-0.1, -0.05) is 23.7 Å². The number of amides is 1. The number of benzene rings is 3. The molecule has 3 aromatic carbocycles. The molecule has 0 aliphatic carbocycles. The Hall–Kier alpha value is -3.64. The van der Waals surface area contributed by atoms with Gasteiger partial charge >= 0.3 is 0 Å². The lowest BCUT2D eigenvalue weighted by molar-refractivity contribution is 0.0747. The summed E-state index contributed by atoms with van der Waals surface area (Å²) < 4.78 is 19.2. The predicted molar refractivity (Wildman–Crippen MR) is 138 cm³/mol. The third kappa shape index (κ3) is 4.93. The number of halogens is 2. The Bertz CT molecular complexity index is 1370. The van der Waals surface area contributed by atoms with E-state index in [1.54, 1.807) is 12.1 Å². The summed E-state index contributed by atoms with van der Waals surface area (Å²) in [4.78, 5) is 22.1. The molecular formula is C28H25ClFN3O2. The molecule has 0 N–H and O–H groups in total. The highest BCUT2D eigenvalue weighted by molar-refractivity contribution is 6.30. The molecule has 2 heterocycles. The zero-order valence-electron chi connectivity index (χ0n) is 19.4. The van der Waals surface area contributed by atoms with Crippen molar-refractivity contribution in [1.82, 2.24) is 9.88 Å². The number of ether oxygens (including phenoxy) is 1. The van der Waals surface area contributed by atoms with E-state index < -0.39 is 0 Å². The highest BCUT2D eigenvalue weighted by Gasteiger charge is 2.23. The Balaban J connectivity index is 1.38. The van der Waals surface area contributed by atoms with Crippen LogP contribution in [0.15, 0.2) is 72.8 Å². The summed E-state index contributed by atoms with van der Waals surface area (Å²) in [6.07, 6.45) is 0. The number of fused-ring (bicyclic) bond motifs is 1. The largest absolute Gasteiger partial charge is 0.493 e. The molecule has 0 radical (unpaired) electrons. The average Bonchev–Trinajstić information content (AvgIpc) is 2.89. The third-order valence-corrected chi connectivity index (χ3v) is 6.43. The fourth-order valence-electron chi connectivity index (χ4n) is 4.40. The van der Waals surface area contributed by atoms with E-state index >= 15 is 0 Å². The molecule has 35 heavy (non-hydrogen) atoms. The quantitative estimate of drug-likeness (QED) is 0.342. The van der Waals surface area contributed by atoms with Crippen molar-refractivity contribution in [1.29, 1.82) is 0 Å². The van der Waals surface area contributed by atoms with E-state index in [1.165, 1.54) is 12.1 Å². The Morgan fingerprint density at radius 2 is 1.77 bits per heavy atom. The summed E-state index contributed by atoms with van der Waals surface area (Å²) in [5.41, 5.74) is 3.99. The number of hydrogen-bond donors (Lipinski definition) is 0. The number of carbonyl (C=O) groups is 1. The number of hydrogen-bond acceptors (Lipinski definition) is 4. The molecule has 1 aromatic heterocycles. The summed E-state index contributed by atoms with van der Waals surface area (Å²) in [7, 11) is 0. The van der Waals surface area contributed by atoms with Crippen LogP contribution < -0.4 is 9.64 Å². The standard InChI is InChI=1S/C28H25ClFN3O2/c1-2-35-27-18-26(19-4-3-5-21(29)16-19)31-25-11-6-20(17-24(25)27)28(34)33-14-12-32(13-15-33)23-9-7-22(30)8-10-23/h3-11,16-18H,2,12-15H2,1H3. The molecule has 7 heteroatoms. The number of carbonyl (C=O) groups excluding carboxylic acids is 1. The van der Waals surface area contributed by atoms with Crippen LogP contribution in [0.5, 0.6) is 5.75 Å². The van der Waals surface area contributed by atoms with E-state index in [0.29, 0.717) is 49.1 Å². The Morgan fingerprint density at radius 3 is 2.49 bits per heavy atom. The maximum atomic E-state index is 13.3. The molecular weight excluding hydrogens is 465 g/mol. The fraction of sp³-hybridized carbons (Fsp3) is 0.214. The molecule has 1 aliphatic heterocycles. The van der Waals surface area contributed by atoms with Crippen LogP contribution in [0.4, 0.5) is 10.1 Å². The first-order valence-corrected chi connectivity index (χ1v) is 12.0. The lowest BCUT2D eigenvalue weighted by atomic mass is 10.1. The highest BCUT2D eigenvalue weighted by atomic mass is 35.5. The van der Waals surface area contributed by atoms with Gasteiger partial charge in [-0.3, -0.25) is 4.79 Å². The monoisotopic (exact) mass is 489 g/mol. The van der Waals surface area contributed by atoms with Gasteiger partial charge in [-0.15, -0.1) is 0 Å². The van der Waals surface area contributed by atoms with E-state index in [4.69, 9.17) is 21.3 Å². The van der Waals surface area contributed by atoms with Gasteiger partial charge < -0.3 is 14.5 Å². The maximum Gasteiger partial charge on any atom is 0.254 e. The summed E-state index contributed by atoms with van der Waals surface area (Å²) in [6.45, 7) is 5.01. The number of pyridine rings is 1. The van der Waals surface area contributed by atoms with Gasteiger partial charge in [0, 0.05) is 59.5 Å². The first-order valence-electron chi connectivity index (χ1n) is 11.6. The second kappa shape index (κ2) is 9.92. The topological polar surface area (TPSA) is 45.7 Å². The van der Waals surface area contributed by atoms with Crippen molar-refractivity contribution in [3.05, 3.63) is 89.2 Å². The second-order valence-electron chi connectivity index (χ2n) is 8.44. The minimum absolute atomic E-state index is 0.0213. The van der Waals surface area contributed by atoms with Gasteiger partial charge in [0.1, 0.15) is 11.6 Å². The van der Waals surface area contributed by atoms with E-state index in [-0.39, 0.29) is 11.7 Å². The smallest absolute Gasteiger partial charge is 0.254 e. The molecule has 1 amide bonds. The SMILES string of the molecule is CCOc1cc(-c2cccc(Cl)c2)nc2ccc(C(=O)N3CCN(c4ccc(F)cc4)CC3)cc12. The second-order valence-corrected chi connectivity index (χ2v) is 8.87. The summed E-state index contributed by atoms with van der Waals surface area (Å²) >= 11 is 6.17. The molecule has 0 saturated carbocycles. The number of piperazine rings is 1. The number of anilines is 1. The Labute approximate surface area is 208 Å². The molecule has 0 bridgehead atoms. The van der Waals surface area contributed by atoms with Crippen LogP contribution in [0.2, 0.25) is 5.02 Å². The van der Waals surface area contributed by atoms with Crippen molar-refractivity contribution >= 4 is 34.1 Å². The van der Waals surface area contributed by atoms with Crippen molar-refractivity contribution in [2.75, 3.05) is 37.7 Å². The van der Waals surface area contributed by atoms with Crippen molar-refractivity contribution in [3.63, 3.8) is 0 Å². The van der Waals surface area contributed by atoms with Gasteiger partial charge in [0.25, 0.3) is 5.91 Å². The summed E-state index contributed by atoms with van der Waals surface area (Å²) in [6, 6.07) is 21.5. The van der Waals surface area contributed by atoms with Crippen LogP contribution in [-0.2, 0) is 0 Å². The summed E-state index contributed by atoms with van der Waals surface area (Å²) in [5, 5.41) is 1.44. The lowest BCUT2D eigenvalue weighted by Gasteiger charge is -2.36. The third-order valence-electron chi connectivity index (χ3n) is 6.20. The fourth-order valence-corrected chi connectivity index (χ4v) is 4.59. The molecule has 5 rings (SSSR count). The van der Waals surface area contributed by atoms with Gasteiger partial charge in [-0.05, 0) is 61.5 Å². The molecule has 1 aliphatic rings. The van der Waals surface area contributed by atoms with Gasteiger partial charge in [0.05, 0.1) is 17.8 Å². The van der Waals surface area contributed by atoms with Crippen LogP contribution >= 0.6 is 11.6 Å². The first-order chi connectivity index (χ1) is 17.0. The van der Waals surface area contributed by atoms with Crippen molar-refractivity contribution < 1.29 is 13.9 Å². The zero-order valence-corrected chi connectivity index (χ0v) is 20.1. The number of aromatic nitrogens is 1. The molecule has 178 valence electrons. The normalized spacial score (nSPS) is 13.8. The molecule has 4 aromatic rings. The maximum absolute atomic E-state index is 13.3. The van der Waals surface area contributed by atoms with Gasteiger partial charge in [-0.2, -0.15) is 0 Å². The average molecular weight is 490 g/mol. The highest BCUT2D eigenvalue weighted by Crippen LogP contribution is 2.32. The Kier molecular flexibility index (Phi) is 6.55. The molecule has 1 saturated heterocycles. The molecule has 5 nitrogen and oxygen atoms in total. The zero-order chi connectivity index (χ0) is 24.4. The van der Waals surface area contributed by atoms with E-state index in [1.807, 2.05) is 60.4 Å². The van der Waals surface area contributed by atoms with Crippen LogP contribution in [0.25, 0.3) is 22.2 Å². The minimum Gasteiger partial charge on any atom is -0.493 e. The van der Waals surface area contributed by atoms with Gasteiger partial charge in [0.2, 0.25) is 0 Å². The first kappa shape index (κ1) is 23.1. The van der Waals surface area contributed by atoms with Crippen molar-refractivity contribution in [3.8, 4) is 17.0 Å². The lowest BCUT2D eigenvalue weighted by Crippen LogP contribution is -2.48. The number of rotatable bonds is 5.